The Morgan fingerprint density at radius 1 is 1.04 bits per heavy atom. The largest absolute Gasteiger partial charge is 0.395 e. The quantitative estimate of drug-likeness (QED) is 0.909. The van der Waals surface area contributed by atoms with Crippen LogP contribution in [-0.2, 0) is 6.54 Å². The Hall–Kier alpha value is -1.82. The van der Waals surface area contributed by atoms with Crippen molar-refractivity contribution < 1.29 is 19.0 Å². The Morgan fingerprint density at radius 2 is 1.78 bits per heavy atom. The van der Waals surface area contributed by atoms with Gasteiger partial charge in [0.1, 0.15) is 11.6 Å². The monoisotopic (exact) mass is 319 g/mol. The molecule has 3 rings (SSSR count). The summed E-state index contributed by atoms with van der Waals surface area (Å²) in [6.45, 7) is 0.778. The van der Waals surface area contributed by atoms with E-state index in [4.69, 9.17) is 0 Å². The lowest BCUT2D eigenvalue weighted by Crippen LogP contribution is -2.38. The summed E-state index contributed by atoms with van der Waals surface area (Å²) in [6.07, 6.45) is -0.751. The molecule has 0 aliphatic carbocycles. The molecule has 0 saturated carbocycles. The molecule has 3 atom stereocenters. The molecule has 1 saturated heterocycles. The molecule has 122 valence electrons. The van der Waals surface area contributed by atoms with E-state index in [1.165, 1.54) is 24.3 Å². The van der Waals surface area contributed by atoms with Crippen molar-refractivity contribution in [3.05, 3.63) is 71.3 Å². The molecule has 5 heteroatoms. The Labute approximate surface area is 133 Å². The van der Waals surface area contributed by atoms with Crippen LogP contribution in [0.1, 0.15) is 17.0 Å². The van der Waals surface area contributed by atoms with Gasteiger partial charge in [0.25, 0.3) is 0 Å². The van der Waals surface area contributed by atoms with Crippen molar-refractivity contribution >= 4 is 0 Å². The number of benzene rings is 2. The molecule has 3 nitrogen and oxygen atoms in total. The fourth-order valence-corrected chi connectivity index (χ4v) is 3.27. The number of likely N-dealkylation sites (tertiary alicyclic amines) is 1. The molecule has 2 N–H and O–H groups in total. The molecule has 1 heterocycles. The summed E-state index contributed by atoms with van der Waals surface area (Å²) in [7, 11) is 0. The number of aliphatic hydroxyl groups is 2. The van der Waals surface area contributed by atoms with Crippen molar-refractivity contribution in [2.75, 3.05) is 13.2 Å². The smallest absolute Gasteiger partial charge is 0.123 e. The van der Waals surface area contributed by atoms with E-state index in [0.29, 0.717) is 13.1 Å². The van der Waals surface area contributed by atoms with E-state index in [1.807, 2.05) is 11.0 Å². The predicted molar refractivity (Wildman–Crippen MR) is 82.8 cm³/mol. The first-order chi connectivity index (χ1) is 11.1. The summed E-state index contributed by atoms with van der Waals surface area (Å²) in [5.74, 6) is -0.837. The van der Waals surface area contributed by atoms with Crippen LogP contribution >= 0.6 is 0 Å². The lowest BCUT2D eigenvalue weighted by molar-refractivity contribution is 0.0641. The molecular formula is C18H19F2NO2. The first kappa shape index (κ1) is 16.1. The topological polar surface area (TPSA) is 43.7 Å². The van der Waals surface area contributed by atoms with E-state index in [1.54, 1.807) is 18.2 Å². The number of hydrogen-bond acceptors (Lipinski definition) is 3. The van der Waals surface area contributed by atoms with E-state index in [0.717, 1.165) is 11.1 Å². The van der Waals surface area contributed by atoms with Crippen LogP contribution in [-0.4, -0.2) is 40.4 Å². The molecule has 0 spiro atoms. The third kappa shape index (κ3) is 3.42. The van der Waals surface area contributed by atoms with Gasteiger partial charge in [-0.15, -0.1) is 0 Å². The van der Waals surface area contributed by atoms with Crippen LogP contribution in [0.15, 0.2) is 48.5 Å². The Bertz CT molecular complexity index is 662. The highest BCUT2D eigenvalue weighted by atomic mass is 19.1. The van der Waals surface area contributed by atoms with Crippen LogP contribution in [0.5, 0.6) is 0 Å². The zero-order valence-corrected chi connectivity index (χ0v) is 12.6. The van der Waals surface area contributed by atoms with E-state index < -0.39 is 12.1 Å². The maximum atomic E-state index is 13.3. The van der Waals surface area contributed by atoms with Crippen molar-refractivity contribution in [1.82, 2.24) is 4.90 Å². The molecule has 1 aliphatic rings. The fourth-order valence-electron chi connectivity index (χ4n) is 3.27. The normalized spacial score (nSPS) is 25.0. The predicted octanol–water partition coefficient (Wildman–Crippen LogP) is 2.29. The highest BCUT2D eigenvalue weighted by molar-refractivity contribution is 5.25. The zero-order chi connectivity index (χ0) is 16.4. The number of aliphatic hydroxyl groups excluding tert-OH is 2. The van der Waals surface area contributed by atoms with E-state index in [2.05, 4.69) is 0 Å². The summed E-state index contributed by atoms with van der Waals surface area (Å²) < 4.78 is 26.4. The van der Waals surface area contributed by atoms with Crippen molar-refractivity contribution in [3.63, 3.8) is 0 Å². The molecular weight excluding hydrogens is 300 g/mol. The van der Waals surface area contributed by atoms with Crippen LogP contribution < -0.4 is 0 Å². The minimum Gasteiger partial charge on any atom is -0.395 e. The number of nitrogens with zero attached hydrogens (tertiary/aromatic N) is 1. The highest BCUT2D eigenvalue weighted by Crippen LogP contribution is 2.33. The van der Waals surface area contributed by atoms with Gasteiger partial charge in [-0.25, -0.2) is 8.78 Å². The van der Waals surface area contributed by atoms with Crippen molar-refractivity contribution in [3.8, 4) is 0 Å². The van der Waals surface area contributed by atoms with Gasteiger partial charge in [-0.05, 0) is 35.4 Å². The van der Waals surface area contributed by atoms with E-state index in [9.17, 15) is 19.0 Å². The number of hydrogen-bond donors (Lipinski definition) is 2. The van der Waals surface area contributed by atoms with Crippen LogP contribution in [0, 0.1) is 11.6 Å². The van der Waals surface area contributed by atoms with Gasteiger partial charge >= 0.3 is 0 Å². The van der Waals surface area contributed by atoms with Gasteiger partial charge in [-0.1, -0.05) is 24.3 Å². The average Bonchev–Trinajstić information content (AvgIpc) is 2.84. The molecule has 0 radical (unpaired) electrons. The second-order valence-corrected chi connectivity index (χ2v) is 5.96. The molecule has 2 aromatic carbocycles. The molecule has 0 aromatic heterocycles. The van der Waals surface area contributed by atoms with E-state index in [-0.39, 0.29) is 24.2 Å². The summed E-state index contributed by atoms with van der Waals surface area (Å²) in [6, 6.07) is 11.9. The van der Waals surface area contributed by atoms with Gasteiger partial charge in [0, 0.05) is 19.0 Å². The van der Waals surface area contributed by atoms with Gasteiger partial charge in [0.05, 0.1) is 18.8 Å². The zero-order valence-electron chi connectivity index (χ0n) is 12.6. The lowest BCUT2D eigenvalue weighted by atomic mass is 9.94. The summed E-state index contributed by atoms with van der Waals surface area (Å²) in [4.78, 5) is 1.94. The number of rotatable bonds is 4. The molecule has 0 unspecified atom stereocenters. The Balaban J connectivity index is 1.80. The highest BCUT2D eigenvalue weighted by Gasteiger charge is 2.40. The van der Waals surface area contributed by atoms with Crippen molar-refractivity contribution in [1.29, 1.82) is 0 Å². The maximum Gasteiger partial charge on any atom is 0.123 e. The third-order valence-electron chi connectivity index (χ3n) is 4.47. The SMILES string of the molecule is OC[C@@H]1[C@H](O)[C@@H](c2ccc(F)cc2)CN1Cc1cccc(F)c1. The third-order valence-corrected chi connectivity index (χ3v) is 4.47. The molecule has 0 amide bonds. The van der Waals surface area contributed by atoms with Crippen LogP contribution in [0.3, 0.4) is 0 Å². The standard InChI is InChI=1S/C18H19F2NO2/c19-14-6-4-13(5-7-14)16-10-21(17(11-22)18(16)23)9-12-2-1-3-15(20)8-12/h1-8,16-18,22-23H,9-11H2/t16-,17-,18-/m1/s1. The van der Waals surface area contributed by atoms with Gasteiger partial charge < -0.3 is 10.2 Å². The van der Waals surface area contributed by atoms with Gasteiger partial charge in [-0.2, -0.15) is 0 Å². The maximum absolute atomic E-state index is 13.3. The van der Waals surface area contributed by atoms with Crippen LogP contribution in [0.4, 0.5) is 8.78 Å². The summed E-state index contributed by atoms with van der Waals surface area (Å²) >= 11 is 0. The first-order valence-corrected chi connectivity index (χ1v) is 7.61. The molecule has 1 fully saturated rings. The van der Waals surface area contributed by atoms with Crippen LogP contribution in [0.2, 0.25) is 0 Å². The molecule has 1 aliphatic heterocycles. The van der Waals surface area contributed by atoms with Crippen molar-refractivity contribution in [2.24, 2.45) is 0 Å². The van der Waals surface area contributed by atoms with Crippen LogP contribution in [0.25, 0.3) is 0 Å². The van der Waals surface area contributed by atoms with E-state index >= 15 is 0 Å². The minimum atomic E-state index is -0.751. The Morgan fingerprint density at radius 3 is 2.43 bits per heavy atom. The lowest BCUT2D eigenvalue weighted by Gasteiger charge is -2.24. The first-order valence-electron chi connectivity index (χ1n) is 7.61. The summed E-state index contributed by atoms with van der Waals surface area (Å²) in [5.41, 5.74) is 1.62. The average molecular weight is 319 g/mol. The summed E-state index contributed by atoms with van der Waals surface area (Å²) in [5, 5.41) is 20.1. The second kappa shape index (κ2) is 6.74. The molecule has 0 bridgehead atoms. The second-order valence-electron chi connectivity index (χ2n) is 5.96. The van der Waals surface area contributed by atoms with Crippen molar-refractivity contribution in [2.45, 2.75) is 24.6 Å². The fraction of sp³-hybridized carbons (Fsp3) is 0.333. The van der Waals surface area contributed by atoms with Gasteiger partial charge in [0.2, 0.25) is 0 Å². The molecule has 23 heavy (non-hydrogen) atoms. The Kier molecular flexibility index (Phi) is 4.71. The number of halogens is 2. The van der Waals surface area contributed by atoms with Gasteiger partial charge in [0.15, 0.2) is 0 Å². The molecule has 2 aromatic rings. The van der Waals surface area contributed by atoms with Gasteiger partial charge in [-0.3, -0.25) is 4.90 Å². The minimum absolute atomic E-state index is 0.186.